The zero-order valence-corrected chi connectivity index (χ0v) is 33.9. The summed E-state index contributed by atoms with van der Waals surface area (Å²) in [6, 6.07) is 12.4. The van der Waals surface area contributed by atoms with Gasteiger partial charge in [-0.15, -0.1) is 0 Å². The average Bonchev–Trinajstić information content (AvgIpc) is 3.82. The number of likely N-dealkylation sites (tertiary alicyclic amines) is 1. The van der Waals surface area contributed by atoms with Crippen molar-refractivity contribution in [3.63, 3.8) is 0 Å². The van der Waals surface area contributed by atoms with Gasteiger partial charge in [-0.3, -0.25) is 9.88 Å². The van der Waals surface area contributed by atoms with Crippen LogP contribution in [0.1, 0.15) is 83.5 Å². The number of piperidine rings is 1. The molecule has 0 aliphatic carbocycles. The molecule has 0 saturated carbocycles. The lowest BCUT2D eigenvalue weighted by atomic mass is 9.86. The van der Waals surface area contributed by atoms with Gasteiger partial charge in [0.2, 0.25) is 0 Å². The van der Waals surface area contributed by atoms with Gasteiger partial charge in [-0.25, -0.2) is 4.39 Å². The summed E-state index contributed by atoms with van der Waals surface area (Å²) >= 11 is 0. The molecule has 0 radical (unpaired) electrons. The highest BCUT2D eigenvalue weighted by molar-refractivity contribution is 6.01. The number of aryl methyl sites for hydroxylation is 1. The number of pyridine rings is 1. The Hall–Kier alpha value is -4.55. The Labute approximate surface area is 335 Å². The van der Waals surface area contributed by atoms with E-state index in [1.807, 2.05) is 18.2 Å². The van der Waals surface area contributed by atoms with Gasteiger partial charge in [0.1, 0.15) is 35.1 Å². The molecular formula is C45H57FN8O3. The maximum Gasteiger partial charge on any atom is 0.319 e. The molecule has 2 N–H and O–H groups in total. The fraction of sp³-hybridized carbons (Fsp3) is 0.556. The van der Waals surface area contributed by atoms with E-state index in [4.69, 9.17) is 24.2 Å². The molecule has 5 aromatic rings. The third-order valence-corrected chi connectivity index (χ3v) is 13.4. The highest BCUT2D eigenvalue weighted by Gasteiger charge is 2.35. The maximum atomic E-state index is 16.9. The minimum atomic E-state index is -0.530. The summed E-state index contributed by atoms with van der Waals surface area (Å²) in [6.07, 6.45) is 9.64. The summed E-state index contributed by atoms with van der Waals surface area (Å²) < 4.78 is 28.9. The van der Waals surface area contributed by atoms with Crippen LogP contribution < -0.4 is 19.9 Å². The molecule has 302 valence electrons. The number of ether oxygens (including phenoxy) is 1. The Kier molecular flexibility index (Phi) is 10.7. The lowest BCUT2D eigenvalue weighted by molar-refractivity contribution is 0.143. The van der Waals surface area contributed by atoms with E-state index in [0.29, 0.717) is 47.3 Å². The Morgan fingerprint density at radius 1 is 0.947 bits per heavy atom. The average molecular weight is 777 g/mol. The summed E-state index contributed by atoms with van der Waals surface area (Å²) in [5.41, 5.74) is 1.98. The van der Waals surface area contributed by atoms with E-state index in [-0.39, 0.29) is 23.0 Å². The zero-order valence-electron chi connectivity index (χ0n) is 33.9. The number of hydrogen-bond donors (Lipinski definition) is 2. The smallest absolute Gasteiger partial charge is 0.319 e. The molecule has 0 spiro atoms. The second kappa shape index (κ2) is 16.0. The van der Waals surface area contributed by atoms with Crippen LogP contribution in [-0.2, 0) is 6.42 Å². The molecule has 4 fully saturated rings. The number of rotatable bonds is 13. The normalized spacial score (nSPS) is 21.2. The number of halogens is 1. The lowest BCUT2D eigenvalue weighted by Gasteiger charge is -2.40. The molecule has 2 bridgehead atoms. The van der Waals surface area contributed by atoms with Crippen LogP contribution in [0.5, 0.6) is 11.8 Å². The first-order chi connectivity index (χ1) is 27.7. The number of piperazine rings is 1. The Morgan fingerprint density at radius 2 is 1.72 bits per heavy atom. The number of nitrogens with zero attached hydrogens (tertiary/aromatic N) is 7. The van der Waals surface area contributed by atoms with Crippen LogP contribution in [0.2, 0.25) is 0 Å². The number of benzene rings is 2. The Morgan fingerprint density at radius 3 is 2.47 bits per heavy atom. The van der Waals surface area contributed by atoms with Crippen LogP contribution in [0.15, 0.2) is 47.1 Å². The maximum absolute atomic E-state index is 16.9. The highest BCUT2D eigenvalue weighted by Crippen LogP contribution is 2.39. The molecule has 9 rings (SSSR count). The number of nitrogens with one attached hydrogen (secondary N) is 1. The molecule has 12 heteroatoms. The summed E-state index contributed by atoms with van der Waals surface area (Å²) in [5.74, 6) is 4.58. The van der Waals surface area contributed by atoms with Gasteiger partial charge in [-0.1, -0.05) is 51.1 Å². The van der Waals surface area contributed by atoms with Crippen molar-refractivity contribution < 1.29 is 18.8 Å². The number of phenols is 1. The van der Waals surface area contributed by atoms with Crippen molar-refractivity contribution in [2.75, 3.05) is 62.2 Å². The first-order valence-corrected chi connectivity index (χ1v) is 21.4. The van der Waals surface area contributed by atoms with Crippen molar-refractivity contribution in [3.8, 4) is 23.0 Å². The molecule has 2 aromatic carbocycles. The molecule has 3 unspecified atom stereocenters. The first kappa shape index (κ1) is 38.0. The summed E-state index contributed by atoms with van der Waals surface area (Å²) in [4.78, 5) is 21.4. The van der Waals surface area contributed by atoms with Gasteiger partial charge in [0.25, 0.3) is 0 Å². The van der Waals surface area contributed by atoms with E-state index in [1.165, 1.54) is 25.7 Å². The largest absolute Gasteiger partial charge is 0.508 e. The lowest BCUT2D eigenvalue weighted by Crippen LogP contribution is -2.51. The first-order valence-electron chi connectivity index (χ1n) is 21.4. The SMILES string of the molecule is CCc1cccc2cc(O)cc(-c3ncc4c(N5CC6CCC(C5)N6)nc(OCCN5CCC(CCC6CN(c7cc(C(C)C(C)C)on7)C6)CC5)nc4c3F)c12. The van der Waals surface area contributed by atoms with E-state index < -0.39 is 5.82 Å². The van der Waals surface area contributed by atoms with Crippen LogP contribution in [0.4, 0.5) is 16.0 Å². The van der Waals surface area contributed by atoms with Crippen molar-refractivity contribution >= 4 is 33.3 Å². The number of phenolic OH excluding ortho intramolecular Hbond substituents is 1. The quantitative estimate of drug-likeness (QED) is 0.121. The molecular weight excluding hydrogens is 720 g/mol. The van der Waals surface area contributed by atoms with Gasteiger partial charge in [0, 0.05) is 68.6 Å². The zero-order chi connectivity index (χ0) is 39.2. The molecule has 3 aromatic heterocycles. The van der Waals surface area contributed by atoms with Crippen molar-refractivity contribution in [2.24, 2.45) is 17.8 Å². The van der Waals surface area contributed by atoms with E-state index in [0.717, 1.165) is 105 Å². The molecule has 4 saturated heterocycles. The standard InChI is InChI=1S/C45H57FN8O3/c1-5-31-7-6-8-32-19-35(55)20-36(40(31)32)42-41(46)43-37(22-47-42)44(54-25-33-11-12-34(26-54)48-33)50-45(49-43)56-18-17-52-15-13-29(14-16-52)9-10-30-23-53(24-30)39-21-38(57-51-39)28(4)27(2)3/h6-8,19-22,27-30,33-34,48,55H,5,9-18,23-26H2,1-4H3. The molecule has 4 aliphatic rings. The molecule has 4 aliphatic heterocycles. The van der Waals surface area contributed by atoms with Crippen LogP contribution in [-0.4, -0.2) is 94.6 Å². The molecule has 0 amide bonds. The second-order valence-corrected chi connectivity index (χ2v) is 17.5. The number of aromatic hydroxyl groups is 1. The van der Waals surface area contributed by atoms with Crippen molar-refractivity contribution in [1.29, 1.82) is 0 Å². The van der Waals surface area contributed by atoms with Gasteiger partial charge in [-0.2, -0.15) is 9.97 Å². The highest BCUT2D eigenvalue weighted by atomic mass is 19.1. The van der Waals surface area contributed by atoms with Gasteiger partial charge in [-0.05, 0) is 104 Å². The predicted octanol–water partition coefficient (Wildman–Crippen LogP) is 7.95. The topological polar surface area (TPSA) is 116 Å². The van der Waals surface area contributed by atoms with Crippen LogP contribution in [0, 0.1) is 23.6 Å². The summed E-state index contributed by atoms with van der Waals surface area (Å²) in [6.45, 7) is 15.7. The van der Waals surface area contributed by atoms with Crippen LogP contribution in [0.3, 0.4) is 0 Å². The van der Waals surface area contributed by atoms with Crippen LogP contribution in [0.25, 0.3) is 32.9 Å². The van der Waals surface area contributed by atoms with Gasteiger partial charge in [0.15, 0.2) is 11.6 Å². The minimum absolute atomic E-state index is 0.0684. The van der Waals surface area contributed by atoms with Gasteiger partial charge in [0.05, 0.1) is 5.39 Å². The van der Waals surface area contributed by atoms with E-state index >= 15 is 4.39 Å². The monoisotopic (exact) mass is 776 g/mol. The Bertz CT molecular complexity index is 2200. The summed E-state index contributed by atoms with van der Waals surface area (Å²) in [5, 5.41) is 21.0. The van der Waals surface area contributed by atoms with E-state index in [9.17, 15) is 5.11 Å². The predicted molar refractivity (Wildman–Crippen MR) is 223 cm³/mol. The second-order valence-electron chi connectivity index (χ2n) is 17.5. The van der Waals surface area contributed by atoms with Crippen molar-refractivity contribution in [2.45, 2.75) is 90.6 Å². The number of aromatic nitrogens is 4. The Balaban J connectivity index is 0.849. The van der Waals surface area contributed by atoms with Gasteiger partial charge < -0.3 is 29.5 Å². The third kappa shape index (κ3) is 7.75. The fourth-order valence-electron chi connectivity index (χ4n) is 9.60. The van der Waals surface area contributed by atoms with Gasteiger partial charge >= 0.3 is 6.01 Å². The van der Waals surface area contributed by atoms with Crippen molar-refractivity contribution in [1.82, 2.24) is 30.3 Å². The summed E-state index contributed by atoms with van der Waals surface area (Å²) in [7, 11) is 0. The van der Waals surface area contributed by atoms with E-state index in [1.54, 1.807) is 18.3 Å². The third-order valence-electron chi connectivity index (χ3n) is 13.4. The number of fused-ring (bicyclic) bond motifs is 4. The number of anilines is 2. The molecule has 57 heavy (non-hydrogen) atoms. The minimum Gasteiger partial charge on any atom is -0.508 e. The molecule has 11 nitrogen and oxygen atoms in total. The molecule has 7 heterocycles. The molecule has 3 atom stereocenters. The van der Waals surface area contributed by atoms with Crippen LogP contribution >= 0.6 is 0 Å². The van der Waals surface area contributed by atoms with E-state index in [2.05, 4.69) is 58.9 Å². The van der Waals surface area contributed by atoms with Crippen molar-refractivity contribution in [3.05, 3.63) is 59.7 Å². The fourth-order valence-corrected chi connectivity index (χ4v) is 9.60. The number of hydrogen-bond acceptors (Lipinski definition) is 11.